The van der Waals surface area contributed by atoms with Gasteiger partial charge in [-0.3, -0.25) is 14.9 Å². The summed E-state index contributed by atoms with van der Waals surface area (Å²) < 4.78 is 5.36. The number of carbonyl (C=O) groups excluding carboxylic acids is 1. The Hall–Kier alpha value is -2.21. The molecule has 0 aromatic carbocycles. The van der Waals surface area contributed by atoms with Crippen LogP contribution < -0.4 is 5.32 Å². The molecule has 0 bridgehead atoms. The number of aromatic amines is 1. The van der Waals surface area contributed by atoms with Crippen LogP contribution in [0.5, 0.6) is 0 Å². The van der Waals surface area contributed by atoms with Crippen LogP contribution in [0.1, 0.15) is 27.3 Å². The molecule has 1 aliphatic heterocycles. The predicted molar refractivity (Wildman–Crippen MR) is 67.4 cm³/mol. The van der Waals surface area contributed by atoms with Gasteiger partial charge in [0, 0.05) is 36.6 Å². The standard InChI is InChI=1S/C13H14N4O2/c18-13(15-7-9-1-4-14-5-2-9)12-10-8-19-6-3-11(10)16-17-12/h1-2,4-5H,3,6-8H2,(H,15,18)(H,16,17). The maximum atomic E-state index is 12.1. The molecule has 6 nitrogen and oxygen atoms in total. The van der Waals surface area contributed by atoms with Crippen LogP contribution in [0, 0.1) is 0 Å². The van der Waals surface area contributed by atoms with E-state index in [-0.39, 0.29) is 5.91 Å². The lowest BCUT2D eigenvalue weighted by atomic mass is 10.1. The topological polar surface area (TPSA) is 79.9 Å². The van der Waals surface area contributed by atoms with Gasteiger partial charge in [0.15, 0.2) is 5.69 Å². The number of rotatable bonds is 3. The largest absolute Gasteiger partial charge is 0.376 e. The molecule has 0 fully saturated rings. The van der Waals surface area contributed by atoms with E-state index in [4.69, 9.17) is 4.74 Å². The molecule has 0 saturated heterocycles. The Morgan fingerprint density at radius 1 is 1.42 bits per heavy atom. The van der Waals surface area contributed by atoms with E-state index in [9.17, 15) is 4.79 Å². The van der Waals surface area contributed by atoms with E-state index in [2.05, 4.69) is 20.5 Å². The minimum atomic E-state index is -0.181. The van der Waals surface area contributed by atoms with Crippen molar-refractivity contribution in [3.63, 3.8) is 0 Å². The maximum absolute atomic E-state index is 12.1. The van der Waals surface area contributed by atoms with Gasteiger partial charge in [0.25, 0.3) is 5.91 Å². The average molecular weight is 258 g/mol. The molecule has 1 aliphatic rings. The molecule has 0 spiro atoms. The van der Waals surface area contributed by atoms with Crippen molar-refractivity contribution in [2.75, 3.05) is 6.61 Å². The molecule has 2 N–H and O–H groups in total. The van der Waals surface area contributed by atoms with E-state index in [1.165, 1.54) is 0 Å². The lowest BCUT2D eigenvalue weighted by molar-refractivity contribution is 0.0922. The number of amides is 1. The lowest BCUT2D eigenvalue weighted by Gasteiger charge is -2.12. The van der Waals surface area contributed by atoms with E-state index < -0.39 is 0 Å². The summed E-state index contributed by atoms with van der Waals surface area (Å²) in [6, 6.07) is 3.73. The van der Waals surface area contributed by atoms with Crippen molar-refractivity contribution in [2.24, 2.45) is 0 Å². The SMILES string of the molecule is O=C(NCc1ccncc1)c1n[nH]c2c1COCC2. The van der Waals surface area contributed by atoms with E-state index >= 15 is 0 Å². The number of aromatic nitrogens is 3. The number of hydrogen-bond donors (Lipinski definition) is 2. The third kappa shape index (κ3) is 2.48. The normalized spacial score (nSPS) is 13.9. The molecule has 6 heteroatoms. The van der Waals surface area contributed by atoms with Crippen molar-refractivity contribution in [1.29, 1.82) is 0 Å². The monoisotopic (exact) mass is 258 g/mol. The average Bonchev–Trinajstić information content (AvgIpc) is 2.90. The molecule has 2 aromatic heterocycles. The van der Waals surface area contributed by atoms with Gasteiger partial charge < -0.3 is 10.1 Å². The highest BCUT2D eigenvalue weighted by Crippen LogP contribution is 2.17. The summed E-state index contributed by atoms with van der Waals surface area (Å²) in [5.41, 5.74) is 3.31. The summed E-state index contributed by atoms with van der Waals surface area (Å²) in [5, 5.41) is 9.83. The van der Waals surface area contributed by atoms with Gasteiger partial charge in [-0.1, -0.05) is 0 Å². The summed E-state index contributed by atoms with van der Waals surface area (Å²) in [4.78, 5) is 16.0. The van der Waals surface area contributed by atoms with Gasteiger partial charge >= 0.3 is 0 Å². The maximum Gasteiger partial charge on any atom is 0.272 e. The van der Waals surface area contributed by atoms with E-state index in [0.29, 0.717) is 25.5 Å². The Kier molecular flexibility index (Phi) is 3.24. The molecule has 1 amide bonds. The molecule has 0 atom stereocenters. The second-order valence-electron chi connectivity index (χ2n) is 4.37. The predicted octanol–water partition coefficient (Wildman–Crippen LogP) is 0.807. The van der Waals surface area contributed by atoms with Gasteiger partial charge in [-0.15, -0.1) is 0 Å². The fourth-order valence-electron chi connectivity index (χ4n) is 2.07. The molecule has 0 saturated carbocycles. The van der Waals surface area contributed by atoms with Gasteiger partial charge in [-0.25, -0.2) is 0 Å². The van der Waals surface area contributed by atoms with E-state index in [0.717, 1.165) is 23.2 Å². The summed E-state index contributed by atoms with van der Waals surface area (Å²) in [7, 11) is 0. The number of hydrogen-bond acceptors (Lipinski definition) is 4. The third-order valence-electron chi connectivity index (χ3n) is 3.11. The molecule has 3 rings (SSSR count). The first-order valence-corrected chi connectivity index (χ1v) is 6.15. The second-order valence-corrected chi connectivity index (χ2v) is 4.37. The van der Waals surface area contributed by atoms with Gasteiger partial charge in [0.2, 0.25) is 0 Å². The molecule has 19 heavy (non-hydrogen) atoms. The first kappa shape index (κ1) is 11.9. The zero-order valence-corrected chi connectivity index (χ0v) is 10.3. The number of nitrogens with zero attached hydrogens (tertiary/aromatic N) is 2. The Balaban J connectivity index is 1.69. The summed E-state index contributed by atoms with van der Waals surface area (Å²) in [6.07, 6.45) is 4.18. The Labute approximate surface area is 110 Å². The zero-order valence-electron chi connectivity index (χ0n) is 10.3. The fraction of sp³-hybridized carbons (Fsp3) is 0.308. The van der Waals surface area contributed by atoms with Crippen LogP contribution in [0.15, 0.2) is 24.5 Å². The van der Waals surface area contributed by atoms with Crippen LogP contribution in [0.4, 0.5) is 0 Å². The van der Waals surface area contributed by atoms with Gasteiger partial charge in [-0.05, 0) is 17.7 Å². The minimum absolute atomic E-state index is 0.181. The van der Waals surface area contributed by atoms with Crippen LogP contribution in [0.25, 0.3) is 0 Å². The van der Waals surface area contributed by atoms with Crippen LogP contribution >= 0.6 is 0 Å². The molecule has 3 heterocycles. The number of fused-ring (bicyclic) bond motifs is 1. The summed E-state index contributed by atoms with van der Waals surface area (Å²) in [5.74, 6) is -0.181. The highest BCUT2D eigenvalue weighted by Gasteiger charge is 2.21. The first-order valence-electron chi connectivity index (χ1n) is 6.15. The van der Waals surface area contributed by atoms with Crippen molar-refractivity contribution in [1.82, 2.24) is 20.5 Å². The Morgan fingerprint density at radius 3 is 3.11 bits per heavy atom. The van der Waals surface area contributed by atoms with E-state index in [1.54, 1.807) is 12.4 Å². The van der Waals surface area contributed by atoms with Crippen molar-refractivity contribution in [3.8, 4) is 0 Å². The summed E-state index contributed by atoms with van der Waals surface area (Å²) in [6.45, 7) is 1.58. The zero-order chi connectivity index (χ0) is 13.1. The lowest BCUT2D eigenvalue weighted by Crippen LogP contribution is -2.25. The van der Waals surface area contributed by atoms with Crippen LogP contribution in [-0.2, 0) is 24.3 Å². The highest BCUT2D eigenvalue weighted by atomic mass is 16.5. The Morgan fingerprint density at radius 2 is 2.26 bits per heavy atom. The number of nitrogens with one attached hydrogen (secondary N) is 2. The van der Waals surface area contributed by atoms with Gasteiger partial charge in [0.05, 0.1) is 13.2 Å². The number of ether oxygens (including phenoxy) is 1. The number of H-pyrrole nitrogens is 1. The Bertz CT molecular complexity index is 580. The van der Waals surface area contributed by atoms with Crippen molar-refractivity contribution in [3.05, 3.63) is 47.0 Å². The smallest absolute Gasteiger partial charge is 0.272 e. The third-order valence-corrected chi connectivity index (χ3v) is 3.11. The molecular weight excluding hydrogens is 244 g/mol. The molecular formula is C13H14N4O2. The van der Waals surface area contributed by atoms with Gasteiger partial charge in [0.1, 0.15) is 0 Å². The van der Waals surface area contributed by atoms with Gasteiger partial charge in [-0.2, -0.15) is 5.10 Å². The molecule has 0 unspecified atom stereocenters. The van der Waals surface area contributed by atoms with Crippen LogP contribution in [0.3, 0.4) is 0 Å². The van der Waals surface area contributed by atoms with Crippen molar-refractivity contribution < 1.29 is 9.53 Å². The summed E-state index contributed by atoms with van der Waals surface area (Å²) >= 11 is 0. The minimum Gasteiger partial charge on any atom is -0.376 e. The highest BCUT2D eigenvalue weighted by molar-refractivity contribution is 5.93. The van der Waals surface area contributed by atoms with Crippen molar-refractivity contribution in [2.45, 2.75) is 19.6 Å². The second kappa shape index (κ2) is 5.19. The van der Waals surface area contributed by atoms with Crippen molar-refractivity contribution >= 4 is 5.91 Å². The number of carbonyl (C=O) groups is 1. The molecule has 98 valence electrons. The van der Waals surface area contributed by atoms with Crippen LogP contribution in [0.2, 0.25) is 0 Å². The molecule has 0 aliphatic carbocycles. The van der Waals surface area contributed by atoms with Crippen LogP contribution in [-0.4, -0.2) is 27.7 Å². The fourth-order valence-corrected chi connectivity index (χ4v) is 2.07. The molecule has 0 radical (unpaired) electrons. The van der Waals surface area contributed by atoms with E-state index in [1.807, 2.05) is 12.1 Å². The number of pyridine rings is 1. The molecule has 2 aromatic rings. The first-order chi connectivity index (χ1) is 9.34. The quantitative estimate of drug-likeness (QED) is 0.853.